The minimum Gasteiger partial charge on any atom is -0.491 e. The first kappa shape index (κ1) is 15.3. The van der Waals surface area contributed by atoms with Gasteiger partial charge in [0.05, 0.1) is 18.7 Å². The van der Waals surface area contributed by atoms with Crippen LogP contribution in [0.3, 0.4) is 0 Å². The molecule has 0 atom stereocenters. The van der Waals surface area contributed by atoms with Crippen LogP contribution in [0.2, 0.25) is 0 Å². The van der Waals surface area contributed by atoms with E-state index >= 15 is 0 Å². The Labute approximate surface area is 123 Å². The molecule has 1 aliphatic rings. The Morgan fingerprint density at radius 1 is 1.29 bits per heavy atom. The zero-order chi connectivity index (χ0) is 15.3. The van der Waals surface area contributed by atoms with Gasteiger partial charge in [0, 0.05) is 12.0 Å². The molecule has 0 spiro atoms. The molecule has 5 N–H and O–H groups in total. The van der Waals surface area contributed by atoms with Gasteiger partial charge in [-0.3, -0.25) is 9.59 Å². The van der Waals surface area contributed by atoms with E-state index in [2.05, 4.69) is 5.32 Å². The quantitative estimate of drug-likeness (QED) is 0.700. The molecule has 6 nitrogen and oxygen atoms in total. The minimum absolute atomic E-state index is 0.122. The van der Waals surface area contributed by atoms with Crippen LogP contribution in [0.1, 0.15) is 32.1 Å². The Bertz CT molecular complexity index is 527. The predicted octanol–water partition coefficient (Wildman–Crippen LogP) is 1.15. The Hall–Kier alpha value is -2.08. The van der Waals surface area contributed by atoms with Crippen molar-refractivity contribution in [2.75, 3.05) is 11.9 Å². The third kappa shape index (κ3) is 4.46. The topological polar surface area (TPSA) is 107 Å². The van der Waals surface area contributed by atoms with Crippen molar-refractivity contribution in [1.29, 1.82) is 0 Å². The van der Waals surface area contributed by atoms with Gasteiger partial charge in [-0.05, 0) is 31.4 Å². The second-order valence-corrected chi connectivity index (χ2v) is 5.50. The van der Waals surface area contributed by atoms with Crippen LogP contribution in [0.25, 0.3) is 0 Å². The lowest BCUT2D eigenvalue weighted by Crippen LogP contribution is -2.48. The summed E-state index contributed by atoms with van der Waals surface area (Å²) in [6, 6.07) is 7.09. The molecule has 21 heavy (non-hydrogen) atoms. The van der Waals surface area contributed by atoms with E-state index in [4.69, 9.17) is 16.2 Å². The molecule has 1 saturated carbocycles. The zero-order valence-electron chi connectivity index (χ0n) is 11.9. The van der Waals surface area contributed by atoms with Gasteiger partial charge >= 0.3 is 0 Å². The molecule has 0 aromatic heterocycles. The van der Waals surface area contributed by atoms with Gasteiger partial charge in [0.1, 0.15) is 5.75 Å². The van der Waals surface area contributed by atoms with E-state index in [1.54, 1.807) is 24.3 Å². The summed E-state index contributed by atoms with van der Waals surface area (Å²) in [7, 11) is 0. The van der Waals surface area contributed by atoms with Crippen LogP contribution in [0, 0.1) is 0 Å². The fourth-order valence-electron chi connectivity index (χ4n) is 2.28. The monoisotopic (exact) mass is 291 g/mol. The number of amides is 2. The summed E-state index contributed by atoms with van der Waals surface area (Å²) in [6.45, 7) is 0.184. The summed E-state index contributed by atoms with van der Waals surface area (Å²) in [5, 5.41) is 2.81. The molecule has 0 bridgehead atoms. The summed E-state index contributed by atoms with van der Waals surface area (Å²) < 4.78 is 5.47. The fraction of sp³-hybridized carbons (Fsp3) is 0.467. The van der Waals surface area contributed by atoms with E-state index in [0.29, 0.717) is 17.9 Å². The normalized spacial score (nSPS) is 15.9. The summed E-state index contributed by atoms with van der Waals surface area (Å²) in [6.07, 6.45) is 3.29. The lowest BCUT2D eigenvalue weighted by atomic mass is 9.75. The molecule has 0 saturated heterocycles. The van der Waals surface area contributed by atoms with Gasteiger partial charge in [-0.1, -0.05) is 12.1 Å². The Morgan fingerprint density at radius 2 is 2.00 bits per heavy atom. The van der Waals surface area contributed by atoms with Gasteiger partial charge in [-0.15, -0.1) is 0 Å². The zero-order valence-corrected chi connectivity index (χ0v) is 11.9. The average molecular weight is 291 g/mol. The molecule has 1 aromatic rings. The number of nitrogens with two attached hydrogens (primary N) is 2. The number of hydrogen-bond donors (Lipinski definition) is 3. The number of carbonyl (C=O) groups excluding carboxylic acids is 2. The maximum absolute atomic E-state index is 12.0. The summed E-state index contributed by atoms with van der Waals surface area (Å²) in [5.41, 5.74) is 11.4. The van der Waals surface area contributed by atoms with Crippen LogP contribution in [-0.4, -0.2) is 24.0 Å². The molecule has 6 heteroatoms. The maximum atomic E-state index is 12.0. The van der Waals surface area contributed by atoms with Crippen molar-refractivity contribution >= 4 is 17.5 Å². The van der Waals surface area contributed by atoms with Gasteiger partial charge < -0.3 is 21.5 Å². The van der Waals surface area contributed by atoms with Gasteiger partial charge in [-0.2, -0.15) is 0 Å². The molecular weight excluding hydrogens is 270 g/mol. The summed E-state index contributed by atoms with van der Waals surface area (Å²) in [5.74, 6) is -0.0264. The summed E-state index contributed by atoms with van der Waals surface area (Å²) >= 11 is 0. The van der Waals surface area contributed by atoms with E-state index in [1.807, 2.05) is 0 Å². The largest absolute Gasteiger partial charge is 0.491 e. The average Bonchev–Trinajstić information content (AvgIpc) is 2.38. The van der Waals surface area contributed by atoms with Crippen LogP contribution < -0.4 is 21.5 Å². The molecule has 0 unspecified atom stereocenters. The van der Waals surface area contributed by atoms with Crippen molar-refractivity contribution < 1.29 is 14.3 Å². The second kappa shape index (κ2) is 6.58. The highest BCUT2D eigenvalue weighted by molar-refractivity contribution is 5.93. The van der Waals surface area contributed by atoms with Gasteiger partial charge in [0.2, 0.25) is 11.8 Å². The number of anilines is 1. The van der Waals surface area contributed by atoms with Crippen LogP contribution >= 0.6 is 0 Å². The van der Waals surface area contributed by atoms with Crippen LogP contribution in [0.4, 0.5) is 5.69 Å². The first-order valence-electron chi connectivity index (χ1n) is 7.07. The summed E-state index contributed by atoms with van der Waals surface area (Å²) in [4.78, 5) is 22.7. The highest BCUT2D eigenvalue weighted by Crippen LogP contribution is 2.33. The number of rotatable bonds is 7. The van der Waals surface area contributed by atoms with Crippen LogP contribution in [0.15, 0.2) is 24.3 Å². The molecule has 0 heterocycles. The van der Waals surface area contributed by atoms with Crippen molar-refractivity contribution in [3.8, 4) is 5.75 Å². The second-order valence-electron chi connectivity index (χ2n) is 5.50. The molecule has 2 amide bonds. The van der Waals surface area contributed by atoms with Gasteiger partial charge in [-0.25, -0.2) is 0 Å². The molecule has 1 aromatic carbocycles. The third-order valence-electron chi connectivity index (χ3n) is 3.63. The van der Waals surface area contributed by atoms with Crippen LogP contribution in [-0.2, 0) is 9.59 Å². The molecular formula is C15H21N3O3. The number of carbonyl (C=O) groups is 2. The predicted molar refractivity (Wildman–Crippen MR) is 79.8 cm³/mol. The molecule has 1 fully saturated rings. The van der Waals surface area contributed by atoms with Crippen molar-refractivity contribution in [1.82, 2.24) is 0 Å². The van der Waals surface area contributed by atoms with E-state index in [-0.39, 0.29) is 24.5 Å². The lowest BCUT2D eigenvalue weighted by Gasteiger charge is -2.37. The first-order valence-corrected chi connectivity index (χ1v) is 7.07. The number of ether oxygens (including phenoxy) is 1. The number of primary amides is 1. The molecule has 1 aliphatic carbocycles. The fourth-order valence-corrected chi connectivity index (χ4v) is 2.28. The number of para-hydroxylation sites is 2. The molecule has 0 radical (unpaired) electrons. The van der Waals surface area contributed by atoms with E-state index < -0.39 is 5.91 Å². The first-order chi connectivity index (χ1) is 9.98. The van der Waals surface area contributed by atoms with Crippen molar-refractivity contribution in [2.45, 2.75) is 37.6 Å². The highest BCUT2D eigenvalue weighted by Gasteiger charge is 2.34. The Morgan fingerprint density at radius 3 is 2.62 bits per heavy atom. The van der Waals surface area contributed by atoms with E-state index in [1.165, 1.54) is 0 Å². The Kier molecular flexibility index (Phi) is 4.80. The number of benzene rings is 1. The third-order valence-corrected chi connectivity index (χ3v) is 3.63. The smallest absolute Gasteiger partial charge is 0.226 e. The number of hydrogen-bond acceptors (Lipinski definition) is 4. The van der Waals surface area contributed by atoms with E-state index in [9.17, 15) is 9.59 Å². The molecule has 0 aliphatic heterocycles. The van der Waals surface area contributed by atoms with Crippen LogP contribution in [0.5, 0.6) is 5.75 Å². The lowest BCUT2D eigenvalue weighted by molar-refractivity contribution is -0.119. The highest BCUT2D eigenvalue weighted by atomic mass is 16.5. The van der Waals surface area contributed by atoms with Gasteiger partial charge in [0.15, 0.2) is 0 Å². The van der Waals surface area contributed by atoms with Crippen molar-refractivity contribution in [3.63, 3.8) is 0 Å². The molecule has 2 rings (SSSR count). The van der Waals surface area contributed by atoms with Crippen molar-refractivity contribution in [2.24, 2.45) is 11.5 Å². The molecule has 114 valence electrons. The standard InChI is InChI=1S/C15H21N3O3/c16-13(19)6-9-21-12-5-2-1-4-11(12)18-14(20)10-15(17)7-3-8-15/h1-2,4-5H,3,6-10,17H2,(H2,16,19)(H,18,20). The van der Waals surface area contributed by atoms with Crippen molar-refractivity contribution in [3.05, 3.63) is 24.3 Å². The minimum atomic E-state index is -0.424. The van der Waals surface area contributed by atoms with Gasteiger partial charge in [0.25, 0.3) is 0 Å². The van der Waals surface area contributed by atoms with E-state index in [0.717, 1.165) is 19.3 Å². The number of nitrogens with one attached hydrogen (secondary N) is 1. The maximum Gasteiger partial charge on any atom is 0.226 e. The SMILES string of the molecule is NC(=O)CCOc1ccccc1NC(=O)CC1(N)CCC1. The Balaban J connectivity index is 1.92.